The molecule has 92 valence electrons. The number of nitrogens with zero attached hydrogens (tertiary/aromatic N) is 1. The molecule has 0 radical (unpaired) electrons. The molecule has 1 saturated heterocycles. The van der Waals surface area contributed by atoms with Crippen LogP contribution in [0, 0.1) is 17.8 Å². The molecule has 3 atom stereocenters. The number of carboxylic acids is 1. The van der Waals surface area contributed by atoms with Crippen molar-refractivity contribution < 1.29 is 14.7 Å². The van der Waals surface area contributed by atoms with Crippen molar-refractivity contribution in [3.63, 3.8) is 0 Å². The van der Waals surface area contributed by atoms with Gasteiger partial charge in [0, 0.05) is 19.5 Å². The Balaban J connectivity index is 2.51. The molecule has 1 aliphatic heterocycles. The highest BCUT2D eigenvalue weighted by atomic mass is 16.4. The molecule has 1 heterocycles. The third kappa shape index (κ3) is 2.95. The second kappa shape index (κ2) is 5.30. The summed E-state index contributed by atoms with van der Waals surface area (Å²) < 4.78 is 0. The summed E-state index contributed by atoms with van der Waals surface area (Å²) in [7, 11) is 0. The first-order valence-electron chi connectivity index (χ1n) is 5.66. The lowest BCUT2D eigenvalue weighted by Crippen LogP contribution is -2.32. The van der Waals surface area contributed by atoms with E-state index in [4.69, 9.17) is 10.8 Å². The number of nitrogens with two attached hydrogens (primary N) is 1. The Labute approximate surface area is 95.6 Å². The quantitative estimate of drug-likeness (QED) is 0.717. The van der Waals surface area contributed by atoms with E-state index in [1.54, 1.807) is 4.90 Å². The zero-order chi connectivity index (χ0) is 12.3. The molecule has 0 bridgehead atoms. The van der Waals surface area contributed by atoms with Crippen LogP contribution in [0.3, 0.4) is 0 Å². The van der Waals surface area contributed by atoms with Crippen molar-refractivity contribution >= 4 is 11.9 Å². The lowest BCUT2D eigenvalue weighted by Gasteiger charge is -2.18. The fraction of sp³-hybridized carbons (Fsp3) is 0.818. The Morgan fingerprint density at radius 3 is 2.56 bits per heavy atom. The van der Waals surface area contributed by atoms with Gasteiger partial charge in [-0.05, 0) is 18.4 Å². The number of amides is 1. The number of aliphatic carboxylic acids is 1. The van der Waals surface area contributed by atoms with Crippen LogP contribution in [0.4, 0.5) is 0 Å². The topological polar surface area (TPSA) is 83.6 Å². The minimum atomic E-state index is -0.810. The molecular formula is C11H20N2O3. The lowest BCUT2D eigenvalue weighted by molar-refractivity contribution is -0.142. The number of rotatable bonds is 4. The summed E-state index contributed by atoms with van der Waals surface area (Å²) in [6, 6.07) is 0. The van der Waals surface area contributed by atoms with Gasteiger partial charge in [-0.15, -0.1) is 0 Å². The molecule has 5 heteroatoms. The van der Waals surface area contributed by atoms with Crippen LogP contribution >= 0.6 is 0 Å². The summed E-state index contributed by atoms with van der Waals surface area (Å²) in [5, 5.41) is 8.95. The highest BCUT2D eigenvalue weighted by Gasteiger charge is 2.36. The number of likely N-dealkylation sites (tertiary alicyclic amines) is 1. The molecule has 0 aliphatic carbocycles. The summed E-state index contributed by atoms with van der Waals surface area (Å²) in [6.07, 6.45) is 0.412. The van der Waals surface area contributed by atoms with Gasteiger partial charge in [-0.3, -0.25) is 9.59 Å². The van der Waals surface area contributed by atoms with Crippen molar-refractivity contribution in [3.05, 3.63) is 0 Å². The van der Waals surface area contributed by atoms with E-state index in [-0.39, 0.29) is 17.7 Å². The molecule has 0 aromatic carbocycles. The molecule has 16 heavy (non-hydrogen) atoms. The summed E-state index contributed by atoms with van der Waals surface area (Å²) in [5.41, 5.74) is 5.46. The number of hydrogen-bond acceptors (Lipinski definition) is 3. The van der Waals surface area contributed by atoms with Gasteiger partial charge in [0.15, 0.2) is 0 Å². The Morgan fingerprint density at radius 2 is 2.12 bits per heavy atom. The molecule has 0 spiro atoms. The van der Waals surface area contributed by atoms with Gasteiger partial charge in [-0.2, -0.15) is 0 Å². The van der Waals surface area contributed by atoms with E-state index in [1.807, 2.05) is 13.8 Å². The van der Waals surface area contributed by atoms with Gasteiger partial charge in [-0.25, -0.2) is 0 Å². The largest absolute Gasteiger partial charge is 0.481 e. The Bertz CT molecular complexity index is 280. The molecule has 1 amide bonds. The second-order valence-electron chi connectivity index (χ2n) is 4.77. The highest BCUT2D eigenvalue weighted by molar-refractivity contribution is 5.79. The van der Waals surface area contributed by atoms with Gasteiger partial charge in [0.2, 0.25) is 5.91 Å². The van der Waals surface area contributed by atoms with Gasteiger partial charge in [-0.1, -0.05) is 13.8 Å². The molecule has 1 aliphatic rings. The van der Waals surface area contributed by atoms with Crippen molar-refractivity contribution in [1.82, 2.24) is 4.90 Å². The monoisotopic (exact) mass is 228 g/mol. The SMILES string of the molecule is CC(CN)CC(=O)N1C[C@@H](C)[C@H](C(=O)O)C1. The average Bonchev–Trinajstić information content (AvgIpc) is 2.60. The smallest absolute Gasteiger partial charge is 0.308 e. The predicted molar refractivity (Wildman–Crippen MR) is 59.7 cm³/mol. The van der Waals surface area contributed by atoms with Crippen molar-refractivity contribution in [1.29, 1.82) is 0 Å². The zero-order valence-electron chi connectivity index (χ0n) is 9.85. The van der Waals surface area contributed by atoms with E-state index >= 15 is 0 Å². The average molecular weight is 228 g/mol. The van der Waals surface area contributed by atoms with Crippen LogP contribution in [0.5, 0.6) is 0 Å². The first-order chi connectivity index (χ1) is 7.45. The van der Waals surface area contributed by atoms with Gasteiger partial charge in [0.05, 0.1) is 5.92 Å². The molecule has 5 nitrogen and oxygen atoms in total. The number of carbonyl (C=O) groups is 2. The molecular weight excluding hydrogens is 208 g/mol. The van der Waals surface area contributed by atoms with Gasteiger partial charge >= 0.3 is 5.97 Å². The molecule has 1 fully saturated rings. The Morgan fingerprint density at radius 1 is 1.50 bits per heavy atom. The number of hydrogen-bond donors (Lipinski definition) is 2. The number of carbonyl (C=O) groups excluding carboxylic acids is 1. The van der Waals surface area contributed by atoms with Crippen LogP contribution < -0.4 is 5.73 Å². The molecule has 3 N–H and O–H groups in total. The van der Waals surface area contributed by atoms with Crippen molar-refractivity contribution in [2.75, 3.05) is 19.6 Å². The van der Waals surface area contributed by atoms with E-state index in [2.05, 4.69) is 0 Å². The van der Waals surface area contributed by atoms with Gasteiger partial charge in [0.25, 0.3) is 0 Å². The molecule has 0 aromatic rings. The van der Waals surface area contributed by atoms with Gasteiger partial charge < -0.3 is 15.7 Å². The van der Waals surface area contributed by atoms with Crippen molar-refractivity contribution in [2.45, 2.75) is 20.3 Å². The maximum Gasteiger partial charge on any atom is 0.308 e. The zero-order valence-corrected chi connectivity index (χ0v) is 9.85. The molecule has 0 aromatic heterocycles. The fourth-order valence-electron chi connectivity index (χ4n) is 2.00. The lowest BCUT2D eigenvalue weighted by atomic mass is 9.99. The molecule has 1 unspecified atom stereocenters. The van der Waals surface area contributed by atoms with Crippen LogP contribution in [-0.2, 0) is 9.59 Å². The highest BCUT2D eigenvalue weighted by Crippen LogP contribution is 2.24. The van der Waals surface area contributed by atoms with E-state index in [1.165, 1.54) is 0 Å². The molecule has 0 saturated carbocycles. The van der Waals surface area contributed by atoms with E-state index < -0.39 is 11.9 Å². The normalized spacial score (nSPS) is 26.8. The Hall–Kier alpha value is -1.10. The summed E-state index contributed by atoms with van der Waals surface area (Å²) in [5.74, 6) is -1.01. The maximum atomic E-state index is 11.8. The third-order valence-electron chi connectivity index (χ3n) is 3.21. The van der Waals surface area contributed by atoms with Crippen LogP contribution in [0.1, 0.15) is 20.3 Å². The summed E-state index contributed by atoms with van der Waals surface area (Å²) in [4.78, 5) is 24.4. The van der Waals surface area contributed by atoms with Crippen LogP contribution in [-0.4, -0.2) is 41.5 Å². The minimum absolute atomic E-state index is 0.0218. The molecule has 1 rings (SSSR count). The summed E-state index contributed by atoms with van der Waals surface area (Å²) in [6.45, 7) is 5.17. The van der Waals surface area contributed by atoms with Crippen LogP contribution in [0.15, 0.2) is 0 Å². The van der Waals surface area contributed by atoms with Crippen LogP contribution in [0.25, 0.3) is 0 Å². The van der Waals surface area contributed by atoms with Gasteiger partial charge in [0.1, 0.15) is 0 Å². The summed E-state index contributed by atoms with van der Waals surface area (Å²) >= 11 is 0. The first-order valence-corrected chi connectivity index (χ1v) is 5.66. The Kier molecular flexibility index (Phi) is 4.29. The van der Waals surface area contributed by atoms with Crippen LogP contribution in [0.2, 0.25) is 0 Å². The standard InChI is InChI=1S/C11H20N2O3/c1-7(4-12)3-10(14)13-5-8(2)9(6-13)11(15)16/h7-9H,3-6,12H2,1-2H3,(H,15,16)/t7?,8-,9-/m1/s1. The minimum Gasteiger partial charge on any atom is -0.481 e. The predicted octanol–water partition coefficient (Wildman–Crippen LogP) is 0.150. The number of carboxylic acid groups (broad SMARTS) is 1. The maximum absolute atomic E-state index is 11.8. The third-order valence-corrected chi connectivity index (χ3v) is 3.21. The van der Waals surface area contributed by atoms with Crippen molar-refractivity contribution in [2.24, 2.45) is 23.5 Å². The first kappa shape index (κ1) is 13.0. The van der Waals surface area contributed by atoms with E-state index in [9.17, 15) is 9.59 Å². The van der Waals surface area contributed by atoms with E-state index in [0.717, 1.165) is 0 Å². The second-order valence-corrected chi connectivity index (χ2v) is 4.77. The van der Waals surface area contributed by atoms with Crippen molar-refractivity contribution in [3.8, 4) is 0 Å². The fourth-order valence-corrected chi connectivity index (χ4v) is 2.00. The van der Waals surface area contributed by atoms with E-state index in [0.29, 0.717) is 26.1 Å².